The van der Waals surface area contributed by atoms with Crippen molar-refractivity contribution < 1.29 is 30.8 Å². The van der Waals surface area contributed by atoms with E-state index in [1.807, 2.05) is 0 Å². The minimum Gasteiger partial charge on any atom is -0.324 e. The van der Waals surface area contributed by atoms with Gasteiger partial charge in [0.05, 0.1) is 10.3 Å². The summed E-state index contributed by atoms with van der Waals surface area (Å²) in [7, 11) is -4.10. The first-order valence-electron chi connectivity index (χ1n) is 9.51. The average molecular weight is 457 g/mol. The first-order chi connectivity index (χ1) is 14.3. The summed E-state index contributed by atoms with van der Waals surface area (Å²) >= 11 is 0. The van der Waals surface area contributed by atoms with Gasteiger partial charge in [0.1, 0.15) is 17.7 Å². The van der Waals surface area contributed by atoms with E-state index in [1.165, 1.54) is 26.0 Å². The highest BCUT2D eigenvalue weighted by molar-refractivity contribution is 7.94. The molecule has 6 nitrogen and oxygen atoms in total. The normalized spacial score (nSPS) is 21.4. The Hall–Kier alpha value is -2.69. The van der Waals surface area contributed by atoms with Gasteiger partial charge < -0.3 is 5.32 Å². The quantitative estimate of drug-likeness (QED) is 0.709. The molecule has 2 heterocycles. The maximum atomic E-state index is 13.5. The number of carbonyl (C=O) groups excluding carboxylic acids is 1. The molecule has 0 unspecified atom stereocenters. The molecule has 0 radical (unpaired) electrons. The summed E-state index contributed by atoms with van der Waals surface area (Å²) in [6, 6.07) is 4.07. The van der Waals surface area contributed by atoms with Gasteiger partial charge in [-0.3, -0.25) is 4.79 Å². The van der Waals surface area contributed by atoms with Gasteiger partial charge in [-0.1, -0.05) is 0 Å². The largest absolute Gasteiger partial charge is 0.416 e. The van der Waals surface area contributed by atoms with Crippen LogP contribution in [0.5, 0.6) is 0 Å². The van der Waals surface area contributed by atoms with Crippen molar-refractivity contribution >= 4 is 27.4 Å². The fourth-order valence-electron chi connectivity index (χ4n) is 3.88. The smallest absolute Gasteiger partial charge is 0.324 e. The number of carbonyl (C=O) groups is 1. The molecule has 2 aromatic rings. The van der Waals surface area contributed by atoms with Gasteiger partial charge in [0.15, 0.2) is 0 Å². The van der Waals surface area contributed by atoms with E-state index in [-0.39, 0.29) is 23.4 Å². The summed E-state index contributed by atoms with van der Waals surface area (Å²) in [5.74, 6) is -1.62. The van der Waals surface area contributed by atoms with Crippen LogP contribution in [0.1, 0.15) is 36.1 Å². The van der Waals surface area contributed by atoms with E-state index in [9.17, 15) is 30.8 Å². The first kappa shape index (κ1) is 21.5. The van der Waals surface area contributed by atoms with Crippen LogP contribution in [0, 0.1) is 19.7 Å². The van der Waals surface area contributed by atoms with E-state index in [1.54, 1.807) is 0 Å². The van der Waals surface area contributed by atoms with Crippen molar-refractivity contribution in [3.63, 3.8) is 0 Å². The molecule has 1 atom stereocenters. The van der Waals surface area contributed by atoms with E-state index in [4.69, 9.17) is 0 Å². The summed E-state index contributed by atoms with van der Waals surface area (Å²) in [5.41, 5.74) is -0.533. The Labute approximate surface area is 176 Å². The number of anilines is 2. The number of pyridine rings is 1. The molecule has 4 rings (SSSR count). The number of hydrogen-bond donors (Lipinski definition) is 1. The molecular formula is C20H19F4N3O3S. The van der Waals surface area contributed by atoms with Crippen LogP contribution in [-0.4, -0.2) is 30.1 Å². The molecule has 31 heavy (non-hydrogen) atoms. The molecule has 1 aromatic heterocycles. The fraction of sp³-hybridized carbons (Fsp3) is 0.400. The van der Waals surface area contributed by atoms with Crippen LogP contribution in [0.4, 0.5) is 29.1 Å². The number of benzene rings is 1. The zero-order valence-corrected chi connectivity index (χ0v) is 17.4. The Morgan fingerprint density at radius 3 is 2.45 bits per heavy atom. The highest BCUT2D eigenvalue weighted by Gasteiger charge is 2.66. The van der Waals surface area contributed by atoms with Crippen LogP contribution >= 0.6 is 0 Å². The van der Waals surface area contributed by atoms with E-state index >= 15 is 0 Å². The lowest BCUT2D eigenvalue weighted by Gasteiger charge is -2.25. The van der Waals surface area contributed by atoms with Gasteiger partial charge in [-0.15, -0.1) is 0 Å². The predicted molar refractivity (Wildman–Crippen MR) is 106 cm³/mol. The minimum atomic E-state index is -4.70. The summed E-state index contributed by atoms with van der Waals surface area (Å²) in [4.78, 5) is 17.0. The van der Waals surface area contributed by atoms with E-state index in [2.05, 4.69) is 10.3 Å². The number of aromatic nitrogens is 1. The predicted octanol–water partition coefficient (Wildman–Crippen LogP) is 3.94. The zero-order chi connectivity index (χ0) is 22.8. The van der Waals surface area contributed by atoms with Gasteiger partial charge in [0, 0.05) is 11.4 Å². The lowest BCUT2D eigenvalue weighted by molar-refractivity contribution is -0.137. The van der Waals surface area contributed by atoms with Gasteiger partial charge in [-0.05, 0) is 69.0 Å². The number of amides is 1. The Kier molecular flexibility index (Phi) is 4.80. The summed E-state index contributed by atoms with van der Waals surface area (Å²) < 4.78 is 79.3. The molecule has 11 heteroatoms. The van der Waals surface area contributed by atoms with Crippen molar-refractivity contribution in [1.29, 1.82) is 0 Å². The highest BCUT2D eigenvalue weighted by Crippen LogP contribution is 2.55. The Bertz CT molecular complexity index is 1180. The Morgan fingerprint density at radius 1 is 1.19 bits per heavy atom. The molecule has 1 aliphatic heterocycles. The number of halogens is 4. The maximum Gasteiger partial charge on any atom is 0.416 e. The summed E-state index contributed by atoms with van der Waals surface area (Å²) in [6.45, 7) is 2.83. The van der Waals surface area contributed by atoms with Crippen LogP contribution in [-0.2, 0) is 21.0 Å². The van der Waals surface area contributed by atoms with Crippen LogP contribution in [0.15, 0.2) is 30.3 Å². The van der Waals surface area contributed by atoms with Crippen LogP contribution < -0.4 is 9.62 Å². The van der Waals surface area contributed by atoms with Crippen molar-refractivity contribution in [2.75, 3.05) is 9.62 Å². The van der Waals surface area contributed by atoms with Crippen LogP contribution in [0.2, 0.25) is 0 Å². The van der Waals surface area contributed by atoms with Crippen molar-refractivity contribution in [2.24, 2.45) is 0 Å². The molecule has 1 N–H and O–H groups in total. The fourth-order valence-corrected chi connectivity index (χ4v) is 6.12. The average Bonchev–Trinajstić information content (AvgIpc) is 3.40. The molecule has 1 aromatic carbocycles. The topological polar surface area (TPSA) is 79.4 Å². The minimum absolute atomic E-state index is 0.0231. The third kappa shape index (κ3) is 3.64. The van der Waals surface area contributed by atoms with E-state index < -0.39 is 50.1 Å². The number of rotatable bonds is 3. The summed E-state index contributed by atoms with van der Waals surface area (Å²) in [5, 5.41) is 2.55. The van der Waals surface area contributed by atoms with Gasteiger partial charge in [-0.25, -0.2) is 22.1 Å². The van der Waals surface area contributed by atoms with Gasteiger partial charge in [-0.2, -0.15) is 13.2 Å². The standard InChI is InChI=1S/C20H19F4N3O3S/c1-11-7-14(3-4-15(11)21)26-18(28)16-10-19(5-6-19)31(29,30)27(16)17-9-13(20(22,23)24)8-12(2)25-17/h3-4,7-9,16H,5-6,10H2,1-2H3,(H,26,28)/t16-/m0/s1. The molecule has 2 aliphatic rings. The molecule has 1 saturated heterocycles. The number of hydrogen-bond acceptors (Lipinski definition) is 4. The zero-order valence-electron chi connectivity index (χ0n) is 16.6. The number of aryl methyl sites for hydroxylation is 2. The number of alkyl halides is 3. The van der Waals surface area contributed by atoms with E-state index in [0.29, 0.717) is 23.2 Å². The van der Waals surface area contributed by atoms with Gasteiger partial charge in [0.2, 0.25) is 15.9 Å². The van der Waals surface area contributed by atoms with E-state index in [0.717, 1.165) is 12.1 Å². The molecule has 166 valence electrons. The SMILES string of the molecule is Cc1cc(C(F)(F)F)cc(N2[C@H](C(=O)Nc3ccc(F)c(C)c3)CC3(CC3)S2(=O)=O)n1. The molecule has 1 spiro atoms. The van der Waals surface area contributed by atoms with Crippen molar-refractivity contribution in [2.45, 2.75) is 50.1 Å². The van der Waals surface area contributed by atoms with Crippen LogP contribution in [0.25, 0.3) is 0 Å². The number of nitrogens with zero attached hydrogens (tertiary/aromatic N) is 2. The molecule has 1 saturated carbocycles. The second kappa shape index (κ2) is 6.91. The first-order valence-corrected chi connectivity index (χ1v) is 10.9. The lowest BCUT2D eigenvalue weighted by atomic mass is 10.1. The third-order valence-electron chi connectivity index (χ3n) is 5.68. The Morgan fingerprint density at radius 2 is 1.87 bits per heavy atom. The van der Waals surface area contributed by atoms with Crippen molar-refractivity contribution in [1.82, 2.24) is 4.98 Å². The third-order valence-corrected chi connectivity index (χ3v) is 8.31. The lowest BCUT2D eigenvalue weighted by Crippen LogP contribution is -2.42. The van der Waals surface area contributed by atoms with Crippen molar-refractivity contribution in [3.8, 4) is 0 Å². The Balaban J connectivity index is 1.74. The number of sulfonamides is 1. The molecule has 1 aliphatic carbocycles. The van der Waals surface area contributed by atoms with Crippen LogP contribution in [0.3, 0.4) is 0 Å². The second-order valence-electron chi connectivity index (χ2n) is 8.01. The monoisotopic (exact) mass is 457 g/mol. The molecule has 2 fully saturated rings. The molecule has 1 amide bonds. The molecular weight excluding hydrogens is 438 g/mol. The highest BCUT2D eigenvalue weighted by atomic mass is 32.2. The maximum absolute atomic E-state index is 13.5. The summed E-state index contributed by atoms with van der Waals surface area (Å²) in [6.07, 6.45) is -4.11. The van der Waals surface area contributed by atoms with Crippen molar-refractivity contribution in [3.05, 3.63) is 53.0 Å². The molecule has 0 bridgehead atoms. The number of nitrogens with one attached hydrogen (secondary N) is 1. The second-order valence-corrected chi connectivity index (χ2v) is 10.2. The van der Waals surface area contributed by atoms with Gasteiger partial charge in [0.25, 0.3) is 0 Å². The van der Waals surface area contributed by atoms with Gasteiger partial charge >= 0.3 is 6.18 Å².